The molecule has 0 bridgehead atoms. The van der Waals surface area contributed by atoms with E-state index in [0.29, 0.717) is 12.6 Å². The molecule has 0 aromatic carbocycles. The van der Waals surface area contributed by atoms with Crippen LogP contribution in [0, 0.1) is 5.92 Å². The van der Waals surface area contributed by atoms with Gasteiger partial charge in [0, 0.05) is 25.7 Å². The van der Waals surface area contributed by atoms with E-state index in [9.17, 15) is 4.79 Å². The summed E-state index contributed by atoms with van der Waals surface area (Å²) in [6.07, 6.45) is 1.98. The quantitative estimate of drug-likeness (QED) is 0.624. The van der Waals surface area contributed by atoms with Gasteiger partial charge in [-0.05, 0) is 19.8 Å². The predicted octanol–water partition coefficient (Wildman–Crippen LogP) is -0.469. The summed E-state index contributed by atoms with van der Waals surface area (Å²) in [6.45, 7) is 4.47. The third-order valence-corrected chi connectivity index (χ3v) is 2.83. The number of carbonyl (C=O) groups excluding carboxylic acids is 1. The first-order valence-corrected chi connectivity index (χ1v) is 4.88. The van der Waals surface area contributed by atoms with Crippen LogP contribution in [0.15, 0.2) is 0 Å². The van der Waals surface area contributed by atoms with Crippen molar-refractivity contribution in [1.82, 2.24) is 4.90 Å². The van der Waals surface area contributed by atoms with Crippen molar-refractivity contribution in [3.05, 3.63) is 0 Å². The number of hydrogen-bond donors (Lipinski definition) is 2. The van der Waals surface area contributed by atoms with Gasteiger partial charge in [-0.1, -0.05) is 0 Å². The molecule has 1 aliphatic rings. The number of hydrogen-bond acceptors (Lipinski definition) is 3. The number of piperidine rings is 1. The lowest BCUT2D eigenvalue weighted by molar-refractivity contribution is -0.123. The van der Waals surface area contributed by atoms with Gasteiger partial charge in [0.25, 0.3) is 0 Å². The Balaban J connectivity index is 2.47. The predicted molar refractivity (Wildman–Crippen MR) is 52.0 cm³/mol. The van der Waals surface area contributed by atoms with Crippen LogP contribution >= 0.6 is 0 Å². The SMILES string of the molecule is CC1CCC(C(N)=O)CN1CCN. The van der Waals surface area contributed by atoms with Crippen LogP contribution < -0.4 is 11.5 Å². The largest absolute Gasteiger partial charge is 0.369 e. The number of carbonyl (C=O) groups is 1. The van der Waals surface area contributed by atoms with Gasteiger partial charge in [0.2, 0.25) is 5.91 Å². The summed E-state index contributed by atoms with van der Waals surface area (Å²) in [5.74, 6) is -0.142. The maximum Gasteiger partial charge on any atom is 0.221 e. The lowest BCUT2D eigenvalue weighted by atomic mass is 9.93. The molecule has 1 saturated heterocycles. The molecule has 4 heteroatoms. The van der Waals surface area contributed by atoms with Crippen molar-refractivity contribution in [1.29, 1.82) is 0 Å². The average Bonchev–Trinajstić information content (AvgIpc) is 2.08. The van der Waals surface area contributed by atoms with E-state index >= 15 is 0 Å². The summed E-state index contributed by atoms with van der Waals surface area (Å²) < 4.78 is 0. The monoisotopic (exact) mass is 185 g/mol. The maximum absolute atomic E-state index is 11.0. The molecule has 0 aliphatic carbocycles. The molecular formula is C9H19N3O. The minimum atomic E-state index is -0.172. The Labute approximate surface area is 79.3 Å². The van der Waals surface area contributed by atoms with Crippen LogP contribution in [-0.2, 0) is 4.79 Å². The van der Waals surface area contributed by atoms with E-state index in [1.54, 1.807) is 0 Å². The van der Waals surface area contributed by atoms with Crippen molar-refractivity contribution in [3.8, 4) is 0 Å². The van der Waals surface area contributed by atoms with Crippen LogP contribution in [0.2, 0.25) is 0 Å². The topological polar surface area (TPSA) is 72.4 Å². The standard InChI is InChI=1S/C9H19N3O/c1-7-2-3-8(9(11)13)6-12(7)5-4-10/h7-8H,2-6,10H2,1H3,(H2,11,13). The highest BCUT2D eigenvalue weighted by Gasteiger charge is 2.27. The number of nitrogens with zero attached hydrogens (tertiary/aromatic N) is 1. The van der Waals surface area contributed by atoms with Gasteiger partial charge in [0.1, 0.15) is 0 Å². The fraction of sp³-hybridized carbons (Fsp3) is 0.889. The molecule has 0 spiro atoms. The van der Waals surface area contributed by atoms with Crippen LogP contribution in [0.5, 0.6) is 0 Å². The summed E-state index contributed by atoms with van der Waals surface area (Å²) in [5.41, 5.74) is 10.8. The fourth-order valence-electron chi connectivity index (χ4n) is 1.89. The minimum Gasteiger partial charge on any atom is -0.369 e. The lowest BCUT2D eigenvalue weighted by Crippen LogP contribution is -2.47. The molecule has 0 radical (unpaired) electrons. The molecule has 2 atom stereocenters. The van der Waals surface area contributed by atoms with Gasteiger partial charge in [-0.25, -0.2) is 0 Å². The summed E-state index contributed by atoms with van der Waals surface area (Å²) in [7, 11) is 0. The molecule has 76 valence electrons. The normalized spacial score (nSPS) is 30.3. The Hall–Kier alpha value is -0.610. The Morgan fingerprint density at radius 1 is 1.54 bits per heavy atom. The molecule has 1 amide bonds. The molecule has 0 aromatic heterocycles. The summed E-state index contributed by atoms with van der Waals surface area (Å²) in [6, 6.07) is 0.541. The van der Waals surface area contributed by atoms with Gasteiger partial charge in [0.15, 0.2) is 0 Å². The van der Waals surface area contributed by atoms with Crippen molar-refractivity contribution in [2.24, 2.45) is 17.4 Å². The molecule has 1 fully saturated rings. The first kappa shape index (κ1) is 10.5. The zero-order chi connectivity index (χ0) is 9.84. The Bertz CT molecular complexity index is 184. The van der Waals surface area contributed by atoms with Crippen LogP contribution in [0.25, 0.3) is 0 Å². The second kappa shape index (κ2) is 4.58. The molecule has 1 aliphatic heterocycles. The van der Waals surface area contributed by atoms with Gasteiger partial charge in [0.05, 0.1) is 5.92 Å². The second-order valence-electron chi connectivity index (χ2n) is 3.81. The maximum atomic E-state index is 11.0. The summed E-state index contributed by atoms with van der Waals surface area (Å²) in [4.78, 5) is 13.2. The zero-order valence-electron chi connectivity index (χ0n) is 8.20. The first-order chi connectivity index (χ1) is 6.15. The van der Waals surface area contributed by atoms with Crippen molar-refractivity contribution in [3.63, 3.8) is 0 Å². The van der Waals surface area contributed by atoms with Gasteiger partial charge in [-0.2, -0.15) is 0 Å². The molecule has 4 N–H and O–H groups in total. The van der Waals surface area contributed by atoms with Crippen molar-refractivity contribution in [2.75, 3.05) is 19.6 Å². The van der Waals surface area contributed by atoms with Gasteiger partial charge >= 0.3 is 0 Å². The van der Waals surface area contributed by atoms with E-state index in [1.807, 2.05) is 0 Å². The molecule has 2 unspecified atom stereocenters. The van der Waals surface area contributed by atoms with Gasteiger partial charge in [-0.3, -0.25) is 9.69 Å². The average molecular weight is 185 g/mol. The van der Waals surface area contributed by atoms with Crippen LogP contribution in [0.3, 0.4) is 0 Å². The van der Waals surface area contributed by atoms with Crippen LogP contribution in [-0.4, -0.2) is 36.5 Å². The summed E-state index contributed by atoms with van der Waals surface area (Å²) >= 11 is 0. The lowest BCUT2D eigenvalue weighted by Gasteiger charge is -2.36. The van der Waals surface area contributed by atoms with Crippen LogP contribution in [0.4, 0.5) is 0 Å². The second-order valence-corrected chi connectivity index (χ2v) is 3.81. The number of nitrogens with two attached hydrogens (primary N) is 2. The van der Waals surface area contributed by atoms with Crippen molar-refractivity contribution >= 4 is 5.91 Å². The highest BCUT2D eigenvalue weighted by Crippen LogP contribution is 2.20. The van der Waals surface area contributed by atoms with Crippen molar-refractivity contribution < 1.29 is 4.79 Å². The van der Waals surface area contributed by atoms with Crippen molar-refractivity contribution in [2.45, 2.75) is 25.8 Å². The van der Waals surface area contributed by atoms with E-state index in [1.165, 1.54) is 0 Å². The molecule has 4 nitrogen and oxygen atoms in total. The highest BCUT2D eigenvalue weighted by atomic mass is 16.1. The first-order valence-electron chi connectivity index (χ1n) is 4.88. The van der Waals surface area contributed by atoms with Gasteiger partial charge in [-0.15, -0.1) is 0 Å². The zero-order valence-corrected chi connectivity index (χ0v) is 8.20. The molecule has 0 aromatic rings. The van der Waals surface area contributed by atoms with E-state index in [0.717, 1.165) is 25.9 Å². The molecular weight excluding hydrogens is 166 g/mol. The van der Waals surface area contributed by atoms with Gasteiger partial charge < -0.3 is 11.5 Å². The molecule has 1 heterocycles. The summed E-state index contributed by atoms with van der Waals surface area (Å²) in [5, 5.41) is 0. The third kappa shape index (κ3) is 2.67. The number of amides is 1. The third-order valence-electron chi connectivity index (χ3n) is 2.83. The number of primary amides is 1. The van der Waals surface area contributed by atoms with E-state index in [-0.39, 0.29) is 11.8 Å². The molecule has 13 heavy (non-hydrogen) atoms. The Kier molecular flexibility index (Phi) is 3.69. The van der Waals surface area contributed by atoms with E-state index < -0.39 is 0 Å². The Morgan fingerprint density at radius 2 is 2.23 bits per heavy atom. The minimum absolute atomic E-state index is 0.0303. The molecule has 0 saturated carbocycles. The highest BCUT2D eigenvalue weighted by molar-refractivity contribution is 5.76. The smallest absolute Gasteiger partial charge is 0.221 e. The Morgan fingerprint density at radius 3 is 2.77 bits per heavy atom. The number of likely N-dealkylation sites (tertiary alicyclic amines) is 1. The number of rotatable bonds is 3. The van der Waals surface area contributed by atoms with Crippen LogP contribution in [0.1, 0.15) is 19.8 Å². The fourth-order valence-corrected chi connectivity index (χ4v) is 1.89. The van der Waals surface area contributed by atoms with E-state index in [4.69, 9.17) is 11.5 Å². The van der Waals surface area contributed by atoms with E-state index in [2.05, 4.69) is 11.8 Å². The molecule has 1 rings (SSSR count).